The van der Waals surface area contributed by atoms with E-state index in [-0.39, 0.29) is 11.2 Å². The van der Waals surface area contributed by atoms with Crippen LogP contribution < -0.4 is 5.59 Å². The lowest BCUT2D eigenvalue weighted by Gasteiger charge is -2.32. The van der Waals surface area contributed by atoms with Crippen LogP contribution in [-0.2, 0) is 9.31 Å². The molecule has 0 amide bonds. The smallest absolute Gasteiger partial charge is 0.398 e. The molecule has 3 heterocycles. The molecule has 1 saturated heterocycles. The molecule has 0 spiro atoms. The van der Waals surface area contributed by atoms with Crippen molar-refractivity contribution in [3.05, 3.63) is 29.5 Å². The SMILES string of the molecule is CC1(C)OB(c2cnc3ccc(Cl)cn23)OC1(C)C. The zero-order valence-electron chi connectivity index (χ0n) is 11.5. The van der Waals surface area contributed by atoms with E-state index >= 15 is 0 Å². The maximum absolute atomic E-state index is 6.04. The van der Waals surface area contributed by atoms with E-state index in [2.05, 4.69) is 4.98 Å². The minimum absolute atomic E-state index is 0.361. The fourth-order valence-electron chi connectivity index (χ4n) is 2.11. The summed E-state index contributed by atoms with van der Waals surface area (Å²) in [4.78, 5) is 4.34. The normalized spacial score (nSPS) is 21.2. The monoisotopic (exact) mass is 278 g/mol. The van der Waals surface area contributed by atoms with E-state index in [4.69, 9.17) is 20.9 Å². The van der Waals surface area contributed by atoms with Gasteiger partial charge >= 0.3 is 7.12 Å². The third-order valence-electron chi connectivity index (χ3n) is 3.99. The van der Waals surface area contributed by atoms with Crippen molar-refractivity contribution < 1.29 is 9.31 Å². The Labute approximate surface area is 117 Å². The van der Waals surface area contributed by atoms with E-state index in [1.807, 2.05) is 50.4 Å². The lowest BCUT2D eigenvalue weighted by Crippen LogP contribution is -2.41. The largest absolute Gasteiger partial charge is 0.514 e. The molecule has 1 aliphatic heterocycles. The van der Waals surface area contributed by atoms with Gasteiger partial charge in [-0.25, -0.2) is 4.98 Å². The van der Waals surface area contributed by atoms with Gasteiger partial charge < -0.3 is 13.7 Å². The highest BCUT2D eigenvalue weighted by Gasteiger charge is 2.52. The molecule has 6 heteroatoms. The van der Waals surface area contributed by atoms with Gasteiger partial charge in [0.25, 0.3) is 0 Å². The highest BCUT2D eigenvalue weighted by Crippen LogP contribution is 2.36. The van der Waals surface area contributed by atoms with Crippen molar-refractivity contribution in [2.75, 3.05) is 0 Å². The number of pyridine rings is 1. The van der Waals surface area contributed by atoms with Crippen molar-refractivity contribution in [3.8, 4) is 0 Å². The second kappa shape index (κ2) is 3.98. The molecule has 19 heavy (non-hydrogen) atoms. The van der Waals surface area contributed by atoms with E-state index in [1.165, 1.54) is 0 Å². The van der Waals surface area contributed by atoms with Crippen LogP contribution in [0, 0.1) is 0 Å². The molecular weight excluding hydrogens is 262 g/mol. The summed E-state index contributed by atoms with van der Waals surface area (Å²) in [6, 6.07) is 3.69. The van der Waals surface area contributed by atoms with Crippen LogP contribution in [0.3, 0.4) is 0 Å². The van der Waals surface area contributed by atoms with Crippen LogP contribution in [0.5, 0.6) is 0 Å². The molecule has 1 fully saturated rings. The average Bonchev–Trinajstić information content (AvgIpc) is 2.77. The summed E-state index contributed by atoms with van der Waals surface area (Å²) >= 11 is 6.04. The second-order valence-corrected chi connectivity index (χ2v) is 6.28. The average molecular weight is 279 g/mol. The van der Waals surface area contributed by atoms with E-state index in [0.29, 0.717) is 5.02 Å². The summed E-state index contributed by atoms with van der Waals surface area (Å²) in [5.41, 5.74) is 0.964. The highest BCUT2D eigenvalue weighted by atomic mass is 35.5. The van der Waals surface area contributed by atoms with Crippen LogP contribution in [-0.4, -0.2) is 27.7 Å². The van der Waals surface area contributed by atoms with Gasteiger partial charge in [-0.15, -0.1) is 0 Å². The van der Waals surface area contributed by atoms with Gasteiger partial charge in [0.1, 0.15) is 5.65 Å². The van der Waals surface area contributed by atoms with E-state index in [1.54, 1.807) is 6.20 Å². The molecule has 0 saturated carbocycles. The predicted octanol–water partition coefficient (Wildman–Crippen LogP) is 2.29. The van der Waals surface area contributed by atoms with Crippen LogP contribution in [0.1, 0.15) is 27.7 Å². The number of hydrogen-bond donors (Lipinski definition) is 0. The van der Waals surface area contributed by atoms with Crippen molar-refractivity contribution in [1.82, 2.24) is 9.38 Å². The number of rotatable bonds is 1. The Morgan fingerprint density at radius 3 is 2.42 bits per heavy atom. The van der Waals surface area contributed by atoms with E-state index in [0.717, 1.165) is 11.2 Å². The summed E-state index contributed by atoms with van der Waals surface area (Å²) in [5.74, 6) is 0. The third kappa shape index (κ3) is 1.97. The molecule has 0 atom stereocenters. The summed E-state index contributed by atoms with van der Waals surface area (Å²) in [6.45, 7) is 8.12. The molecule has 0 bridgehead atoms. The van der Waals surface area contributed by atoms with E-state index < -0.39 is 7.12 Å². The number of fused-ring (bicyclic) bond motifs is 1. The molecule has 0 aliphatic carbocycles. The van der Waals surface area contributed by atoms with Crippen LogP contribution in [0.2, 0.25) is 5.02 Å². The van der Waals surface area contributed by atoms with E-state index in [9.17, 15) is 0 Å². The van der Waals surface area contributed by atoms with Gasteiger partial charge in [-0.1, -0.05) is 11.6 Å². The molecule has 2 aromatic heterocycles. The Bertz CT molecular complexity index is 623. The number of imidazole rings is 1. The van der Waals surface area contributed by atoms with Crippen LogP contribution in [0.4, 0.5) is 0 Å². The lowest BCUT2D eigenvalue weighted by atomic mass is 9.85. The number of hydrogen-bond acceptors (Lipinski definition) is 3. The zero-order chi connectivity index (χ0) is 13.8. The second-order valence-electron chi connectivity index (χ2n) is 5.85. The van der Waals surface area contributed by atoms with Gasteiger partial charge in [0.2, 0.25) is 0 Å². The third-order valence-corrected chi connectivity index (χ3v) is 4.22. The molecule has 0 unspecified atom stereocenters. The molecule has 1 aliphatic rings. The lowest BCUT2D eigenvalue weighted by molar-refractivity contribution is 0.00578. The first kappa shape index (κ1) is 13.0. The summed E-state index contributed by atoms with van der Waals surface area (Å²) in [7, 11) is -0.432. The number of aromatic nitrogens is 2. The van der Waals surface area contributed by atoms with Crippen molar-refractivity contribution in [2.24, 2.45) is 0 Å². The molecule has 2 aromatic rings. The first-order chi connectivity index (χ1) is 8.80. The Balaban J connectivity index is 2.05. The maximum Gasteiger partial charge on any atom is 0.514 e. The predicted molar refractivity (Wildman–Crippen MR) is 75.9 cm³/mol. The summed E-state index contributed by atoms with van der Waals surface area (Å²) < 4.78 is 14.0. The van der Waals surface area contributed by atoms with Crippen LogP contribution >= 0.6 is 11.6 Å². The molecule has 3 rings (SSSR count). The van der Waals surface area contributed by atoms with Gasteiger partial charge in [-0.3, -0.25) is 0 Å². The highest BCUT2D eigenvalue weighted by molar-refractivity contribution is 6.61. The standard InChI is InChI=1S/C13H16BClN2O2/c1-12(2)13(3,4)19-14(18-12)10-7-16-11-6-5-9(15)8-17(10)11/h5-8H,1-4H3. The molecular formula is C13H16BClN2O2. The quantitative estimate of drug-likeness (QED) is 0.751. The zero-order valence-corrected chi connectivity index (χ0v) is 12.2. The Kier molecular flexibility index (Phi) is 2.72. The molecule has 100 valence electrons. The number of nitrogens with zero attached hydrogens (tertiary/aromatic N) is 2. The van der Waals surface area contributed by atoms with Gasteiger partial charge in [0.05, 0.1) is 21.8 Å². The first-order valence-corrected chi connectivity index (χ1v) is 6.66. The molecule has 0 N–H and O–H groups in total. The summed E-state index contributed by atoms with van der Waals surface area (Å²) in [5, 5.41) is 0.656. The Morgan fingerprint density at radius 1 is 1.16 bits per heavy atom. The maximum atomic E-state index is 6.04. The van der Waals surface area contributed by atoms with Gasteiger partial charge in [0.15, 0.2) is 0 Å². The molecule has 0 radical (unpaired) electrons. The Hall–Kier alpha value is -1.04. The van der Waals surface area contributed by atoms with Crippen LogP contribution in [0.25, 0.3) is 5.65 Å². The summed E-state index contributed by atoms with van der Waals surface area (Å²) in [6.07, 6.45) is 3.60. The Morgan fingerprint density at radius 2 is 1.79 bits per heavy atom. The molecule has 4 nitrogen and oxygen atoms in total. The number of halogens is 1. The van der Waals surface area contributed by atoms with Gasteiger partial charge in [-0.05, 0) is 39.8 Å². The van der Waals surface area contributed by atoms with Crippen molar-refractivity contribution in [1.29, 1.82) is 0 Å². The van der Waals surface area contributed by atoms with Gasteiger partial charge in [-0.2, -0.15) is 0 Å². The minimum atomic E-state index is -0.432. The van der Waals surface area contributed by atoms with Crippen molar-refractivity contribution in [3.63, 3.8) is 0 Å². The van der Waals surface area contributed by atoms with Crippen LogP contribution in [0.15, 0.2) is 24.5 Å². The van der Waals surface area contributed by atoms with Crippen molar-refractivity contribution in [2.45, 2.75) is 38.9 Å². The molecule has 0 aromatic carbocycles. The fraction of sp³-hybridized carbons (Fsp3) is 0.462. The van der Waals surface area contributed by atoms with Gasteiger partial charge in [0, 0.05) is 12.4 Å². The fourth-order valence-corrected chi connectivity index (χ4v) is 2.27. The topological polar surface area (TPSA) is 35.8 Å². The minimum Gasteiger partial charge on any atom is -0.398 e. The first-order valence-electron chi connectivity index (χ1n) is 6.28. The van der Waals surface area contributed by atoms with Crippen molar-refractivity contribution >= 4 is 30.0 Å².